The maximum atomic E-state index is 13.2. The van der Waals surface area contributed by atoms with E-state index in [9.17, 15) is 18.0 Å². The predicted octanol–water partition coefficient (Wildman–Crippen LogP) is 3.18. The van der Waals surface area contributed by atoms with Gasteiger partial charge in [-0.2, -0.15) is 0 Å². The number of hydrogen-bond acceptors (Lipinski definition) is 4. The van der Waals surface area contributed by atoms with Crippen molar-refractivity contribution >= 4 is 33.2 Å². The predicted molar refractivity (Wildman–Crippen MR) is 119 cm³/mol. The van der Waals surface area contributed by atoms with Crippen LogP contribution >= 0.6 is 0 Å². The highest BCUT2D eigenvalue weighted by Crippen LogP contribution is 2.37. The van der Waals surface area contributed by atoms with Crippen LogP contribution in [0.4, 0.5) is 11.4 Å². The number of carbonyl (C=O) groups is 2. The molecule has 31 heavy (non-hydrogen) atoms. The molecule has 3 aromatic rings. The largest absolute Gasteiger partial charge is 0.366 e. The lowest BCUT2D eigenvalue weighted by Gasteiger charge is -2.24. The molecule has 7 nitrogen and oxygen atoms in total. The molecule has 2 amide bonds. The first-order valence-corrected chi connectivity index (χ1v) is 11.1. The Bertz CT molecular complexity index is 1260. The van der Waals surface area contributed by atoms with Crippen molar-refractivity contribution in [1.82, 2.24) is 0 Å². The molecule has 0 radical (unpaired) electrons. The minimum absolute atomic E-state index is 0.232. The average Bonchev–Trinajstić information content (AvgIpc) is 3.10. The SMILES string of the molecule is C[C@@H]1Cc2cc(C(=O)Nc3ccc(C(N)=O)cc3)ccc2N1S(=O)(=O)c1ccccc1. The molecular weight excluding hydrogens is 414 g/mol. The number of carbonyl (C=O) groups excluding carboxylic acids is 2. The minimum Gasteiger partial charge on any atom is -0.366 e. The monoisotopic (exact) mass is 435 g/mol. The van der Waals surface area contributed by atoms with E-state index < -0.39 is 15.9 Å². The Morgan fingerprint density at radius 3 is 2.26 bits per heavy atom. The molecule has 1 atom stereocenters. The fourth-order valence-electron chi connectivity index (χ4n) is 3.74. The van der Waals surface area contributed by atoms with Crippen LogP contribution in [-0.4, -0.2) is 26.3 Å². The molecule has 8 heteroatoms. The van der Waals surface area contributed by atoms with Gasteiger partial charge >= 0.3 is 0 Å². The first kappa shape index (κ1) is 20.6. The summed E-state index contributed by atoms with van der Waals surface area (Å²) in [6, 6.07) is 19.3. The van der Waals surface area contributed by atoms with Crippen molar-refractivity contribution in [1.29, 1.82) is 0 Å². The first-order chi connectivity index (χ1) is 14.8. The van der Waals surface area contributed by atoms with Crippen molar-refractivity contribution in [2.75, 3.05) is 9.62 Å². The smallest absolute Gasteiger partial charge is 0.264 e. The summed E-state index contributed by atoms with van der Waals surface area (Å²) in [6.07, 6.45) is 0.510. The van der Waals surface area contributed by atoms with Gasteiger partial charge in [-0.25, -0.2) is 8.42 Å². The molecule has 158 valence electrons. The van der Waals surface area contributed by atoms with Gasteiger partial charge in [0.05, 0.1) is 10.6 Å². The Hall–Kier alpha value is -3.65. The standard InChI is InChI=1S/C23H21N3O4S/c1-15-13-18-14-17(23(28)25-19-10-7-16(8-11-19)22(24)27)9-12-21(18)26(15)31(29,30)20-5-3-2-4-6-20/h2-12,14-15H,13H2,1H3,(H2,24,27)(H,25,28)/t15-/m1/s1. The van der Waals surface area contributed by atoms with Crippen molar-refractivity contribution < 1.29 is 18.0 Å². The molecule has 0 fully saturated rings. The highest BCUT2D eigenvalue weighted by atomic mass is 32.2. The summed E-state index contributed by atoms with van der Waals surface area (Å²) in [6.45, 7) is 1.85. The third-order valence-electron chi connectivity index (χ3n) is 5.22. The molecule has 1 aliphatic heterocycles. The number of fused-ring (bicyclic) bond motifs is 1. The van der Waals surface area contributed by atoms with E-state index in [1.807, 2.05) is 6.92 Å². The quantitative estimate of drug-likeness (QED) is 0.641. The van der Waals surface area contributed by atoms with E-state index in [1.165, 1.54) is 16.4 Å². The molecule has 1 heterocycles. The van der Waals surface area contributed by atoms with Crippen molar-refractivity contribution in [3.63, 3.8) is 0 Å². The highest BCUT2D eigenvalue weighted by molar-refractivity contribution is 7.92. The second-order valence-corrected chi connectivity index (χ2v) is 9.22. The fourth-order valence-corrected chi connectivity index (χ4v) is 5.45. The molecule has 0 aromatic heterocycles. The van der Waals surface area contributed by atoms with Gasteiger partial charge in [-0.1, -0.05) is 18.2 Å². The van der Waals surface area contributed by atoms with Crippen LogP contribution in [0.2, 0.25) is 0 Å². The number of hydrogen-bond donors (Lipinski definition) is 2. The number of nitrogens with two attached hydrogens (primary N) is 1. The Kier molecular flexibility index (Phi) is 5.24. The van der Waals surface area contributed by atoms with Crippen LogP contribution in [-0.2, 0) is 16.4 Å². The normalized spacial score (nSPS) is 15.4. The number of benzene rings is 3. The van der Waals surface area contributed by atoms with Gasteiger partial charge in [0, 0.05) is 22.9 Å². The third kappa shape index (κ3) is 3.89. The van der Waals surface area contributed by atoms with E-state index >= 15 is 0 Å². The van der Waals surface area contributed by atoms with E-state index in [-0.39, 0.29) is 16.8 Å². The van der Waals surface area contributed by atoms with Crippen LogP contribution in [0, 0.1) is 0 Å². The van der Waals surface area contributed by atoms with Crippen LogP contribution in [0.5, 0.6) is 0 Å². The summed E-state index contributed by atoms with van der Waals surface area (Å²) in [5, 5.41) is 2.77. The number of nitrogens with one attached hydrogen (secondary N) is 1. The summed E-state index contributed by atoms with van der Waals surface area (Å²) < 4.78 is 27.7. The topological polar surface area (TPSA) is 110 Å². The Morgan fingerprint density at radius 2 is 1.61 bits per heavy atom. The maximum absolute atomic E-state index is 13.2. The number of nitrogens with zero attached hydrogens (tertiary/aromatic N) is 1. The number of rotatable bonds is 5. The summed E-state index contributed by atoms with van der Waals surface area (Å²) >= 11 is 0. The molecule has 0 spiro atoms. The lowest BCUT2D eigenvalue weighted by molar-refractivity contribution is 0.0998. The molecule has 0 aliphatic carbocycles. The lowest BCUT2D eigenvalue weighted by Crippen LogP contribution is -2.35. The van der Waals surface area contributed by atoms with Gasteiger partial charge in [0.2, 0.25) is 5.91 Å². The molecule has 3 aromatic carbocycles. The summed E-state index contributed by atoms with van der Waals surface area (Å²) in [4.78, 5) is 24.1. The lowest BCUT2D eigenvalue weighted by atomic mass is 10.1. The first-order valence-electron chi connectivity index (χ1n) is 9.71. The van der Waals surface area contributed by atoms with Crippen molar-refractivity contribution in [2.24, 2.45) is 5.73 Å². The van der Waals surface area contributed by atoms with Gasteiger partial charge in [0.25, 0.3) is 15.9 Å². The number of anilines is 2. The fraction of sp³-hybridized carbons (Fsp3) is 0.130. The van der Waals surface area contributed by atoms with Crippen molar-refractivity contribution in [3.05, 3.63) is 89.5 Å². The second-order valence-electron chi connectivity index (χ2n) is 7.41. The number of sulfonamides is 1. The average molecular weight is 436 g/mol. The van der Waals surface area contributed by atoms with Crippen LogP contribution in [0.15, 0.2) is 77.7 Å². The van der Waals surface area contributed by atoms with E-state index in [1.54, 1.807) is 60.7 Å². The number of amides is 2. The van der Waals surface area contributed by atoms with Gasteiger partial charge < -0.3 is 11.1 Å². The maximum Gasteiger partial charge on any atom is 0.264 e. The molecule has 0 saturated carbocycles. The van der Waals surface area contributed by atoms with Crippen molar-refractivity contribution in [3.8, 4) is 0 Å². The molecule has 4 rings (SSSR count). The Balaban J connectivity index is 1.59. The Morgan fingerprint density at radius 1 is 0.968 bits per heavy atom. The molecule has 0 unspecified atom stereocenters. The molecular formula is C23H21N3O4S. The van der Waals surface area contributed by atoms with Crippen LogP contribution in [0.1, 0.15) is 33.2 Å². The van der Waals surface area contributed by atoms with E-state index in [2.05, 4.69) is 5.32 Å². The van der Waals surface area contributed by atoms with Crippen molar-refractivity contribution in [2.45, 2.75) is 24.3 Å². The number of primary amides is 1. The summed E-state index contributed by atoms with van der Waals surface area (Å²) in [5.74, 6) is -0.868. The third-order valence-corrected chi connectivity index (χ3v) is 7.16. The van der Waals surface area contributed by atoms with Gasteiger partial charge in [-0.05, 0) is 73.5 Å². The van der Waals surface area contributed by atoms with Gasteiger partial charge in [0.1, 0.15) is 0 Å². The van der Waals surface area contributed by atoms with Gasteiger partial charge in [0.15, 0.2) is 0 Å². The zero-order chi connectivity index (χ0) is 22.2. The summed E-state index contributed by atoms with van der Waals surface area (Å²) in [7, 11) is -3.70. The van der Waals surface area contributed by atoms with E-state index in [0.717, 1.165) is 5.56 Å². The zero-order valence-corrected chi connectivity index (χ0v) is 17.6. The zero-order valence-electron chi connectivity index (χ0n) is 16.8. The van der Waals surface area contributed by atoms with Gasteiger partial charge in [-0.15, -0.1) is 0 Å². The van der Waals surface area contributed by atoms with E-state index in [0.29, 0.717) is 28.9 Å². The molecule has 3 N–H and O–H groups in total. The Labute approximate surface area is 180 Å². The minimum atomic E-state index is -3.70. The summed E-state index contributed by atoms with van der Waals surface area (Å²) in [5.41, 5.74) is 7.90. The van der Waals surface area contributed by atoms with Crippen LogP contribution in [0.25, 0.3) is 0 Å². The second kappa shape index (κ2) is 7.88. The van der Waals surface area contributed by atoms with Crippen LogP contribution in [0.3, 0.4) is 0 Å². The molecule has 0 bridgehead atoms. The van der Waals surface area contributed by atoms with Crippen LogP contribution < -0.4 is 15.4 Å². The molecule has 0 saturated heterocycles. The van der Waals surface area contributed by atoms with E-state index in [4.69, 9.17) is 5.73 Å². The highest BCUT2D eigenvalue weighted by Gasteiger charge is 2.36. The van der Waals surface area contributed by atoms with Gasteiger partial charge in [-0.3, -0.25) is 13.9 Å². The molecule has 1 aliphatic rings.